The molecule has 1 aromatic rings. The number of aromatic nitrogens is 2. The van der Waals surface area contributed by atoms with Crippen LogP contribution in [0.1, 0.15) is 31.9 Å². The molecule has 2 atom stereocenters. The zero-order valence-electron chi connectivity index (χ0n) is 10.4. The molecule has 0 aromatic carbocycles. The van der Waals surface area contributed by atoms with Crippen molar-refractivity contribution in [2.45, 2.75) is 39.2 Å². The first kappa shape index (κ1) is 11.9. The van der Waals surface area contributed by atoms with E-state index in [4.69, 9.17) is 0 Å². The fourth-order valence-corrected chi connectivity index (χ4v) is 2.56. The first-order valence-electron chi connectivity index (χ1n) is 5.95. The van der Waals surface area contributed by atoms with Gasteiger partial charge in [0.2, 0.25) is 5.82 Å². The number of nitrogens with one attached hydrogen (secondary N) is 1. The summed E-state index contributed by atoms with van der Waals surface area (Å²) in [4.78, 5) is 10.7. The molecule has 1 aromatic heterocycles. The Hall–Kier alpha value is -1.59. The van der Waals surface area contributed by atoms with Crippen molar-refractivity contribution >= 4 is 11.5 Å². The molecule has 0 amide bonds. The van der Waals surface area contributed by atoms with Crippen molar-refractivity contribution in [2.75, 3.05) is 5.32 Å². The maximum atomic E-state index is 11.0. The summed E-state index contributed by atoms with van der Waals surface area (Å²) in [5.74, 6) is 1.09. The first-order chi connectivity index (χ1) is 8.00. The van der Waals surface area contributed by atoms with E-state index in [1.807, 2.05) is 0 Å². The van der Waals surface area contributed by atoms with Gasteiger partial charge in [-0.2, -0.15) is 5.10 Å². The van der Waals surface area contributed by atoms with Crippen molar-refractivity contribution in [1.29, 1.82) is 0 Å². The van der Waals surface area contributed by atoms with Crippen LogP contribution in [0, 0.1) is 23.0 Å². The van der Waals surface area contributed by atoms with Crippen LogP contribution in [-0.4, -0.2) is 20.7 Å². The number of nitro groups is 1. The van der Waals surface area contributed by atoms with E-state index in [-0.39, 0.29) is 10.6 Å². The van der Waals surface area contributed by atoms with Crippen LogP contribution < -0.4 is 5.32 Å². The van der Waals surface area contributed by atoms with Gasteiger partial charge in [0.1, 0.15) is 5.69 Å². The second-order valence-corrected chi connectivity index (χ2v) is 4.82. The molecule has 1 aliphatic carbocycles. The van der Waals surface area contributed by atoms with Gasteiger partial charge in [0, 0.05) is 13.1 Å². The van der Waals surface area contributed by atoms with Gasteiger partial charge in [-0.1, -0.05) is 13.3 Å². The van der Waals surface area contributed by atoms with E-state index in [2.05, 4.69) is 17.3 Å². The molecule has 1 heterocycles. The molecule has 0 aliphatic heterocycles. The fourth-order valence-electron chi connectivity index (χ4n) is 2.56. The molecule has 6 heteroatoms. The highest BCUT2D eigenvalue weighted by Gasteiger charge is 2.29. The van der Waals surface area contributed by atoms with Gasteiger partial charge in [0.15, 0.2) is 0 Å². The summed E-state index contributed by atoms with van der Waals surface area (Å²) >= 11 is 0. The summed E-state index contributed by atoms with van der Waals surface area (Å²) in [7, 11) is 1.74. The summed E-state index contributed by atoms with van der Waals surface area (Å²) in [6, 6.07) is 0.323. The summed E-state index contributed by atoms with van der Waals surface area (Å²) < 4.78 is 1.57. The van der Waals surface area contributed by atoms with E-state index in [0.717, 1.165) is 6.42 Å². The van der Waals surface area contributed by atoms with Crippen LogP contribution in [0.25, 0.3) is 0 Å². The Bertz CT molecular complexity index is 441. The largest absolute Gasteiger partial charge is 0.362 e. The predicted octanol–water partition coefficient (Wildman–Crippen LogP) is 2.24. The van der Waals surface area contributed by atoms with Crippen LogP contribution in [0.4, 0.5) is 11.5 Å². The van der Waals surface area contributed by atoms with Gasteiger partial charge in [-0.25, -0.2) is 4.68 Å². The minimum atomic E-state index is -0.357. The van der Waals surface area contributed by atoms with E-state index in [9.17, 15) is 10.1 Å². The molecule has 17 heavy (non-hydrogen) atoms. The highest BCUT2D eigenvalue weighted by Crippen LogP contribution is 2.33. The van der Waals surface area contributed by atoms with E-state index in [1.54, 1.807) is 18.7 Å². The smallest absolute Gasteiger partial charge is 0.333 e. The van der Waals surface area contributed by atoms with Crippen molar-refractivity contribution in [3.8, 4) is 0 Å². The molecular weight excluding hydrogens is 220 g/mol. The maximum Gasteiger partial charge on any atom is 0.333 e. The lowest BCUT2D eigenvalue weighted by Gasteiger charge is -2.17. The number of hydrogen-bond acceptors (Lipinski definition) is 4. The van der Waals surface area contributed by atoms with E-state index in [1.165, 1.54) is 12.8 Å². The average Bonchev–Trinajstić information content (AvgIpc) is 2.73. The molecule has 1 fully saturated rings. The van der Waals surface area contributed by atoms with Crippen LogP contribution in [0.5, 0.6) is 0 Å². The third kappa shape index (κ3) is 2.11. The van der Waals surface area contributed by atoms with Gasteiger partial charge >= 0.3 is 5.69 Å². The number of anilines is 1. The summed E-state index contributed by atoms with van der Waals surface area (Å²) in [5.41, 5.74) is 0.567. The Morgan fingerprint density at radius 1 is 1.53 bits per heavy atom. The summed E-state index contributed by atoms with van der Waals surface area (Å²) in [6.45, 7) is 3.85. The molecule has 1 aliphatic rings. The van der Waals surface area contributed by atoms with Crippen LogP contribution in [0.3, 0.4) is 0 Å². The normalized spacial score (nSPS) is 23.9. The Morgan fingerprint density at radius 3 is 2.76 bits per heavy atom. The zero-order valence-corrected chi connectivity index (χ0v) is 10.4. The van der Waals surface area contributed by atoms with Crippen molar-refractivity contribution in [2.24, 2.45) is 13.0 Å². The lowest BCUT2D eigenvalue weighted by atomic mass is 10.1. The fraction of sp³-hybridized carbons (Fsp3) is 0.727. The Balaban J connectivity index is 2.28. The number of rotatable bonds is 3. The molecule has 1 saturated carbocycles. The molecule has 6 nitrogen and oxygen atoms in total. The number of hydrogen-bond donors (Lipinski definition) is 1. The lowest BCUT2D eigenvalue weighted by Crippen LogP contribution is -2.23. The van der Waals surface area contributed by atoms with Crippen LogP contribution in [0.2, 0.25) is 0 Å². The maximum absolute atomic E-state index is 11.0. The number of nitrogens with zero attached hydrogens (tertiary/aromatic N) is 3. The quantitative estimate of drug-likeness (QED) is 0.647. The SMILES string of the molecule is Cc1nn(C)c(NC2CCCC2C)c1[N+](=O)[O-]. The molecule has 1 N–H and O–H groups in total. The third-order valence-corrected chi connectivity index (χ3v) is 3.56. The third-order valence-electron chi connectivity index (χ3n) is 3.56. The van der Waals surface area contributed by atoms with E-state index >= 15 is 0 Å². The molecule has 0 radical (unpaired) electrons. The molecule has 94 valence electrons. The minimum Gasteiger partial charge on any atom is -0.362 e. The highest BCUT2D eigenvalue weighted by molar-refractivity contribution is 5.60. The van der Waals surface area contributed by atoms with Crippen molar-refractivity contribution in [3.05, 3.63) is 15.8 Å². The van der Waals surface area contributed by atoms with Crippen molar-refractivity contribution < 1.29 is 4.92 Å². The summed E-state index contributed by atoms with van der Waals surface area (Å²) in [5, 5.41) is 18.4. The molecule has 2 rings (SSSR count). The highest BCUT2D eigenvalue weighted by atomic mass is 16.6. The molecule has 0 saturated heterocycles. The number of aryl methyl sites for hydroxylation is 2. The van der Waals surface area contributed by atoms with Gasteiger partial charge in [0.25, 0.3) is 0 Å². The summed E-state index contributed by atoms with van der Waals surface area (Å²) in [6.07, 6.45) is 3.44. The topological polar surface area (TPSA) is 73.0 Å². The standard InChI is InChI=1S/C11H18N4O2/c1-7-5-4-6-9(7)12-11-10(15(16)17)8(2)13-14(11)3/h7,9,12H,4-6H2,1-3H3. The van der Waals surface area contributed by atoms with Crippen molar-refractivity contribution in [3.63, 3.8) is 0 Å². The Kier molecular flexibility index (Phi) is 3.04. The van der Waals surface area contributed by atoms with Crippen LogP contribution >= 0.6 is 0 Å². The van der Waals surface area contributed by atoms with Gasteiger partial charge in [-0.15, -0.1) is 0 Å². The molecule has 0 spiro atoms. The molecular formula is C11H18N4O2. The van der Waals surface area contributed by atoms with Gasteiger partial charge in [-0.05, 0) is 25.7 Å². The predicted molar refractivity (Wildman–Crippen MR) is 65.0 cm³/mol. The second-order valence-electron chi connectivity index (χ2n) is 4.82. The van der Waals surface area contributed by atoms with Crippen molar-refractivity contribution in [1.82, 2.24) is 9.78 Å². The molecule has 0 bridgehead atoms. The minimum absolute atomic E-state index is 0.103. The Labute approximate surface area is 100 Å². The second kappa shape index (κ2) is 4.35. The average molecular weight is 238 g/mol. The van der Waals surface area contributed by atoms with Crippen LogP contribution in [0.15, 0.2) is 0 Å². The lowest BCUT2D eigenvalue weighted by molar-refractivity contribution is -0.384. The van der Waals surface area contributed by atoms with Gasteiger partial charge < -0.3 is 5.32 Å². The zero-order chi connectivity index (χ0) is 12.6. The van der Waals surface area contributed by atoms with Crippen LogP contribution in [-0.2, 0) is 7.05 Å². The van der Waals surface area contributed by atoms with E-state index < -0.39 is 0 Å². The van der Waals surface area contributed by atoms with Gasteiger partial charge in [0.05, 0.1) is 4.92 Å². The molecule has 2 unspecified atom stereocenters. The van der Waals surface area contributed by atoms with E-state index in [0.29, 0.717) is 23.5 Å². The first-order valence-corrected chi connectivity index (χ1v) is 5.95. The Morgan fingerprint density at radius 2 is 2.24 bits per heavy atom. The van der Waals surface area contributed by atoms with Gasteiger partial charge in [-0.3, -0.25) is 10.1 Å². The monoisotopic (exact) mass is 238 g/mol.